The van der Waals surface area contributed by atoms with Gasteiger partial charge < -0.3 is 10.6 Å². The van der Waals surface area contributed by atoms with Crippen LogP contribution in [0.3, 0.4) is 0 Å². The Kier molecular flexibility index (Phi) is 21.8. The fourth-order valence-electron chi connectivity index (χ4n) is 3.86. The predicted octanol–water partition coefficient (Wildman–Crippen LogP) is 3.06. The number of nitrogens with one attached hydrogen (secondary N) is 2. The molecule has 0 rings (SSSR count). The van der Waals surface area contributed by atoms with Crippen molar-refractivity contribution in [1.29, 1.82) is 0 Å². The zero-order valence-corrected chi connectivity index (χ0v) is 26.5. The van der Waals surface area contributed by atoms with Crippen molar-refractivity contribution in [2.45, 2.75) is 115 Å². The smallest absolute Gasteiger partial charge is 0.246 e. The lowest BCUT2D eigenvalue weighted by Gasteiger charge is -2.18. The van der Waals surface area contributed by atoms with Gasteiger partial charge in [0, 0.05) is 70.1 Å². The molecule has 0 aromatic rings. The third kappa shape index (κ3) is 23.2. The summed E-state index contributed by atoms with van der Waals surface area (Å²) in [5, 5.41) is 36.4. The first-order valence-electron chi connectivity index (χ1n) is 14.9. The van der Waals surface area contributed by atoms with E-state index in [2.05, 4.69) is 23.3 Å². The van der Waals surface area contributed by atoms with Crippen LogP contribution >= 0.6 is 12.6 Å². The number of unbranched alkanes of at least 4 members (excludes halogenated alkanes) is 6. The van der Waals surface area contributed by atoms with Gasteiger partial charge in [0.2, 0.25) is 29.5 Å². The second-order valence-electron chi connectivity index (χ2n) is 11.1. The fraction of sp³-hybridized carbons (Fsp3) is 0.821. The first-order chi connectivity index (χ1) is 19.7. The highest BCUT2D eigenvalue weighted by atomic mass is 32.1. The first-order valence-corrected chi connectivity index (χ1v) is 15.4. The first kappa shape index (κ1) is 39.6. The Balaban J connectivity index is 3.78. The highest BCUT2D eigenvalue weighted by Crippen LogP contribution is 2.20. The van der Waals surface area contributed by atoms with Gasteiger partial charge in [-0.05, 0) is 51.4 Å². The molecule has 0 aliphatic carbocycles. The van der Waals surface area contributed by atoms with E-state index in [0.29, 0.717) is 66.8 Å². The van der Waals surface area contributed by atoms with E-state index < -0.39 is 17.7 Å². The Morgan fingerprint density at radius 2 is 0.976 bits per heavy atom. The molecular weight excluding hydrogens is 566 g/mol. The van der Waals surface area contributed by atoms with Gasteiger partial charge in [-0.2, -0.15) is 12.6 Å². The van der Waals surface area contributed by atoms with E-state index in [9.17, 15) is 39.6 Å². The molecule has 0 heterocycles. The average molecular weight is 620 g/mol. The number of amides is 5. The summed E-state index contributed by atoms with van der Waals surface area (Å²) >= 11 is 4.47. The zero-order chi connectivity index (χ0) is 32.0. The van der Waals surface area contributed by atoms with Gasteiger partial charge in [0.15, 0.2) is 0 Å². The van der Waals surface area contributed by atoms with Gasteiger partial charge >= 0.3 is 0 Å². The summed E-state index contributed by atoms with van der Waals surface area (Å²) in [4.78, 5) is 58.7. The largest absolute Gasteiger partial charge is 0.356 e. The van der Waals surface area contributed by atoms with E-state index in [-0.39, 0.29) is 61.9 Å². The second kappa shape index (κ2) is 23.1. The van der Waals surface area contributed by atoms with E-state index in [0.717, 1.165) is 25.7 Å². The monoisotopic (exact) mass is 619 g/mol. The molecule has 0 aliphatic heterocycles. The normalized spacial score (nSPS) is 11.1. The highest BCUT2D eigenvalue weighted by Gasteiger charge is 2.15. The SMILES string of the molecule is CC(=O)N(O)CCCCCNC(=O)CCC(=O)N(O)CCCCCNC(=O)CCC(=O)N(O)CCCCCC(C)(C)S. The molecule has 0 fully saturated rings. The van der Waals surface area contributed by atoms with Crippen molar-refractivity contribution in [3.63, 3.8) is 0 Å². The summed E-state index contributed by atoms with van der Waals surface area (Å²) in [6, 6.07) is 0. The number of rotatable bonds is 24. The summed E-state index contributed by atoms with van der Waals surface area (Å²) in [5.41, 5.74) is 0. The fourth-order valence-corrected chi connectivity index (χ4v) is 4.02. The van der Waals surface area contributed by atoms with Gasteiger partial charge in [0.1, 0.15) is 0 Å². The second-order valence-corrected chi connectivity index (χ2v) is 12.3. The number of carbonyl (C=O) groups excluding carboxylic acids is 5. The van der Waals surface area contributed by atoms with Gasteiger partial charge in [-0.1, -0.05) is 26.7 Å². The van der Waals surface area contributed by atoms with E-state index in [1.165, 1.54) is 6.92 Å². The zero-order valence-electron chi connectivity index (χ0n) is 25.6. The van der Waals surface area contributed by atoms with Crippen LogP contribution < -0.4 is 10.6 Å². The van der Waals surface area contributed by atoms with Crippen molar-refractivity contribution < 1.29 is 39.6 Å². The van der Waals surface area contributed by atoms with Crippen LogP contribution in [0.15, 0.2) is 0 Å². The lowest BCUT2D eigenvalue weighted by atomic mass is 10.0. The van der Waals surface area contributed by atoms with E-state index in [4.69, 9.17) is 0 Å². The quantitative estimate of drug-likeness (QED) is 0.0413. The molecule has 5 N–H and O–H groups in total. The molecule has 0 aliphatic rings. The third-order valence-corrected chi connectivity index (χ3v) is 6.69. The molecule has 0 bridgehead atoms. The number of carbonyl (C=O) groups is 5. The minimum absolute atomic E-state index is 0.0141. The van der Waals surface area contributed by atoms with Crippen molar-refractivity contribution in [2.24, 2.45) is 0 Å². The maximum absolute atomic E-state index is 12.0. The Hall–Kier alpha value is -2.42. The van der Waals surface area contributed by atoms with E-state index in [1.807, 2.05) is 13.8 Å². The summed E-state index contributed by atoms with van der Waals surface area (Å²) < 4.78 is -0.0328. The number of hydrogen-bond acceptors (Lipinski definition) is 9. The Morgan fingerprint density at radius 3 is 1.36 bits per heavy atom. The van der Waals surface area contributed by atoms with Gasteiger partial charge in [-0.25, -0.2) is 15.2 Å². The summed E-state index contributed by atoms with van der Waals surface area (Å²) in [7, 11) is 0. The maximum atomic E-state index is 12.0. The lowest BCUT2D eigenvalue weighted by molar-refractivity contribution is -0.166. The average Bonchev–Trinajstić information content (AvgIpc) is 2.92. The molecule has 42 heavy (non-hydrogen) atoms. The van der Waals surface area contributed by atoms with Crippen LogP contribution in [0.2, 0.25) is 0 Å². The van der Waals surface area contributed by atoms with Crippen LogP contribution in [0.1, 0.15) is 111 Å². The van der Waals surface area contributed by atoms with Crippen molar-refractivity contribution >= 4 is 42.2 Å². The van der Waals surface area contributed by atoms with Crippen molar-refractivity contribution in [2.75, 3.05) is 32.7 Å². The molecule has 0 saturated heterocycles. The predicted molar refractivity (Wildman–Crippen MR) is 160 cm³/mol. The minimum Gasteiger partial charge on any atom is -0.356 e. The van der Waals surface area contributed by atoms with Crippen molar-refractivity contribution in [3.05, 3.63) is 0 Å². The van der Waals surface area contributed by atoms with Crippen LogP contribution in [0, 0.1) is 0 Å². The Labute approximate surface area is 255 Å². The van der Waals surface area contributed by atoms with Gasteiger partial charge in [-0.15, -0.1) is 0 Å². The standard InChI is InChI=1S/C28H53N5O8S/c1-23(34)31(39)20-11-5-8-18-29-24(35)14-16-27(38)33(41)22-12-6-9-19-30-25(36)13-15-26(37)32(40)21-10-4-7-17-28(2,3)42/h39-42H,4-22H2,1-3H3,(H,29,35)(H,30,36). The molecule has 0 saturated carbocycles. The molecule has 5 amide bonds. The minimum atomic E-state index is -0.546. The summed E-state index contributed by atoms with van der Waals surface area (Å²) in [6.07, 6.45) is 7.04. The molecule has 244 valence electrons. The van der Waals surface area contributed by atoms with Gasteiger partial charge in [-0.3, -0.25) is 39.6 Å². The summed E-state index contributed by atoms with van der Waals surface area (Å²) in [5.74, 6) is -2.02. The molecule has 0 radical (unpaired) electrons. The third-order valence-electron chi connectivity index (χ3n) is 6.47. The Bertz CT molecular complexity index is 825. The number of hydrogen-bond donors (Lipinski definition) is 6. The van der Waals surface area contributed by atoms with Crippen LogP contribution in [0.4, 0.5) is 0 Å². The molecule has 0 spiro atoms. The number of nitrogens with zero attached hydrogens (tertiary/aromatic N) is 3. The molecule has 0 atom stereocenters. The van der Waals surface area contributed by atoms with Crippen LogP contribution in [-0.2, 0) is 24.0 Å². The lowest BCUT2D eigenvalue weighted by Crippen LogP contribution is -2.31. The van der Waals surface area contributed by atoms with Crippen LogP contribution in [0.25, 0.3) is 0 Å². The number of hydroxylamine groups is 6. The molecular formula is C28H53N5O8S. The molecule has 0 aromatic heterocycles. The van der Waals surface area contributed by atoms with Crippen molar-refractivity contribution in [3.8, 4) is 0 Å². The van der Waals surface area contributed by atoms with Gasteiger partial charge in [0.05, 0.1) is 0 Å². The number of thiol groups is 1. The Morgan fingerprint density at radius 1 is 0.595 bits per heavy atom. The molecule has 0 aromatic carbocycles. The van der Waals surface area contributed by atoms with Gasteiger partial charge in [0.25, 0.3) is 0 Å². The summed E-state index contributed by atoms with van der Waals surface area (Å²) in [6.45, 7) is 6.77. The van der Waals surface area contributed by atoms with Crippen molar-refractivity contribution in [1.82, 2.24) is 25.8 Å². The molecule has 14 heteroatoms. The highest BCUT2D eigenvalue weighted by molar-refractivity contribution is 7.81. The molecule has 0 unspecified atom stereocenters. The van der Waals surface area contributed by atoms with E-state index >= 15 is 0 Å². The maximum Gasteiger partial charge on any atom is 0.246 e. The molecule has 13 nitrogen and oxygen atoms in total. The van der Waals surface area contributed by atoms with Crippen LogP contribution in [-0.4, -0.2) is 97.8 Å². The van der Waals surface area contributed by atoms with E-state index in [1.54, 1.807) is 0 Å². The van der Waals surface area contributed by atoms with Crippen LogP contribution in [0.5, 0.6) is 0 Å². The topological polar surface area (TPSA) is 180 Å².